The molecule has 0 aliphatic heterocycles. The van der Waals surface area contributed by atoms with Gasteiger partial charge >= 0.3 is 0 Å². The predicted molar refractivity (Wildman–Crippen MR) is 112 cm³/mol. The van der Waals surface area contributed by atoms with E-state index in [4.69, 9.17) is 4.55 Å². The van der Waals surface area contributed by atoms with Crippen LogP contribution >= 0.6 is 0 Å². The molecule has 0 aromatic heterocycles. The summed E-state index contributed by atoms with van der Waals surface area (Å²) in [6.45, 7) is 3.83. The number of hydrogen-bond acceptors (Lipinski definition) is 8. The molecule has 3 aromatic rings. The van der Waals surface area contributed by atoms with Gasteiger partial charge in [0.05, 0.1) is 16.3 Å². The molecule has 0 heterocycles. The fourth-order valence-electron chi connectivity index (χ4n) is 2.62. The molecule has 0 saturated heterocycles. The van der Waals surface area contributed by atoms with Crippen LogP contribution in [0.4, 0.5) is 11.4 Å². The van der Waals surface area contributed by atoms with Gasteiger partial charge in [0.15, 0.2) is 5.36 Å². The third kappa shape index (κ3) is 4.85. The lowest BCUT2D eigenvalue weighted by molar-refractivity contribution is 0.483. The summed E-state index contributed by atoms with van der Waals surface area (Å²) < 4.78 is 31.1. The second kappa shape index (κ2) is 8.39. The summed E-state index contributed by atoms with van der Waals surface area (Å²) in [5.41, 5.74) is 7.15. The Balaban J connectivity index is 1.92. The molecule has 0 radical (unpaired) electrons. The Bertz CT molecular complexity index is 1420. The molecule has 10 heteroatoms. The highest BCUT2D eigenvalue weighted by Gasteiger charge is 2.08. The van der Waals surface area contributed by atoms with E-state index in [-0.39, 0.29) is 15.6 Å². The van der Waals surface area contributed by atoms with Crippen LogP contribution in [0.15, 0.2) is 79.3 Å². The smallest absolute Gasteiger partial charge is 0.287 e. The quantitative estimate of drug-likeness (QED) is 0.409. The van der Waals surface area contributed by atoms with Crippen molar-refractivity contribution in [1.29, 1.82) is 0 Å². The van der Waals surface area contributed by atoms with Gasteiger partial charge in [0.1, 0.15) is 5.36 Å². The zero-order valence-corrected chi connectivity index (χ0v) is 16.9. The molecule has 0 amide bonds. The van der Waals surface area contributed by atoms with E-state index in [9.17, 15) is 18.0 Å². The zero-order chi connectivity index (χ0) is 21.9. The van der Waals surface area contributed by atoms with Crippen molar-refractivity contribution < 1.29 is 13.0 Å². The van der Waals surface area contributed by atoms with Crippen LogP contribution in [0.5, 0.6) is 0 Å². The summed E-state index contributed by atoms with van der Waals surface area (Å²) in [5.74, 6) is 0. The first-order valence-electron chi connectivity index (χ1n) is 8.74. The third-order valence-corrected chi connectivity index (χ3v) is 5.07. The van der Waals surface area contributed by atoms with E-state index in [1.165, 1.54) is 36.4 Å². The van der Waals surface area contributed by atoms with Crippen LogP contribution in [0.1, 0.15) is 11.1 Å². The largest absolute Gasteiger partial charge is 0.294 e. The first kappa shape index (κ1) is 21.1. The van der Waals surface area contributed by atoms with Gasteiger partial charge in [0.2, 0.25) is 10.9 Å². The first-order valence-corrected chi connectivity index (χ1v) is 10.2. The maximum atomic E-state index is 12.6. The van der Waals surface area contributed by atoms with E-state index < -0.39 is 21.0 Å². The molecule has 154 valence electrons. The number of aryl methyl sites for hydroxylation is 2. The van der Waals surface area contributed by atoms with E-state index in [1.54, 1.807) is 6.07 Å². The van der Waals surface area contributed by atoms with Gasteiger partial charge in [0, 0.05) is 0 Å². The highest BCUT2D eigenvalue weighted by Crippen LogP contribution is 2.15. The molecular formula is C20H18N4O5S. The lowest BCUT2D eigenvalue weighted by Gasteiger charge is -2.05. The Morgan fingerprint density at radius 1 is 0.867 bits per heavy atom. The van der Waals surface area contributed by atoms with Crippen LogP contribution in [0.25, 0.3) is 0 Å². The van der Waals surface area contributed by atoms with E-state index in [0.717, 1.165) is 11.1 Å². The molecule has 0 unspecified atom stereocenters. The topological polar surface area (TPSA) is 137 Å². The molecule has 0 aliphatic carbocycles. The van der Waals surface area contributed by atoms with E-state index in [1.807, 2.05) is 26.0 Å². The number of rotatable bonds is 5. The van der Waals surface area contributed by atoms with Gasteiger partial charge in [0.25, 0.3) is 10.1 Å². The lowest BCUT2D eigenvalue weighted by atomic mass is 10.1. The van der Waals surface area contributed by atoms with Crippen LogP contribution < -0.4 is 32.4 Å². The van der Waals surface area contributed by atoms with Gasteiger partial charge in [-0.25, -0.2) is 0 Å². The van der Waals surface area contributed by atoms with Crippen LogP contribution in [-0.2, 0) is 10.1 Å². The highest BCUT2D eigenvalue weighted by atomic mass is 32.2. The standard InChI is InChI=1S/C20H18N4O5S/c1-12-3-8-16(13(2)11-12)22-24-19-18(25)10-9-17(20(19)26)23-21-14-4-6-15(7-5-14)30(27,28)29/h3-11,21-22H,1-2H3,(H,27,28,29)/b23-17+,24-19+. The molecule has 3 aromatic carbocycles. The van der Waals surface area contributed by atoms with Gasteiger partial charge in [-0.1, -0.05) is 17.7 Å². The van der Waals surface area contributed by atoms with E-state index >= 15 is 0 Å². The molecule has 0 saturated carbocycles. The number of anilines is 2. The summed E-state index contributed by atoms with van der Waals surface area (Å²) in [6, 6.07) is 13.2. The maximum Gasteiger partial charge on any atom is 0.294 e. The molecule has 3 N–H and O–H groups in total. The summed E-state index contributed by atoms with van der Waals surface area (Å²) in [7, 11) is -4.30. The molecular weight excluding hydrogens is 408 g/mol. The van der Waals surface area contributed by atoms with Crippen LogP contribution in [0.2, 0.25) is 0 Å². The molecule has 0 aliphatic rings. The molecule has 9 nitrogen and oxygen atoms in total. The van der Waals surface area contributed by atoms with Crippen molar-refractivity contribution in [3.63, 3.8) is 0 Å². The lowest BCUT2D eigenvalue weighted by Crippen LogP contribution is -2.48. The minimum Gasteiger partial charge on any atom is -0.287 e. The average Bonchev–Trinajstić information content (AvgIpc) is 2.68. The van der Waals surface area contributed by atoms with Crippen molar-refractivity contribution in [3.05, 3.63) is 96.9 Å². The van der Waals surface area contributed by atoms with Gasteiger partial charge in [-0.2, -0.15) is 18.6 Å². The predicted octanol–water partition coefficient (Wildman–Crippen LogP) is 1.00. The number of nitrogens with zero attached hydrogens (tertiary/aromatic N) is 2. The minimum absolute atomic E-state index is 0.0466. The molecule has 0 atom stereocenters. The molecule has 0 spiro atoms. The van der Waals surface area contributed by atoms with Crippen LogP contribution in [-0.4, -0.2) is 13.0 Å². The summed E-state index contributed by atoms with van der Waals surface area (Å²) >= 11 is 0. The Labute approximate surface area is 171 Å². The average molecular weight is 426 g/mol. The van der Waals surface area contributed by atoms with Crippen molar-refractivity contribution in [2.24, 2.45) is 10.2 Å². The second-order valence-electron chi connectivity index (χ2n) is 6.53. The second-order valence-corrected chi connectivity index (χ2v) is 7.95. The number of nitrogens with one attached hydrogen (secondary N) is 2. The monoisotopic (exact) mass is 426 g/mol. The maximum absolute atomic E-state index is 12.6. The van der Waals surface area contributed by atoms with Crippen LogP contribution in [0, 0.1) is 13.8 Å². The third-order valence-electron chi connectivity index (χ3n) is 4.20. The molecule has 0 bridgehead atoms. The summed E-state index contributed by atoms with van der Waals surface area (Å²) in [4.78, 5) is 24.4. The summed E-state index contributed by atoms with van der Waals surface area (Å²) in [6.07, 6.45) is 0. The fraction of sp³-hybridized carbons (Fsp3) is 0.100. The van der Waals surface area contributed by atoms with Gasteiger partial charge in [-0.3, -0.25) is 25.0 Å². The molecule has 30 heavy (non-hydrogen) atoms. The van der Waals surface area contributed by atoms with Crippen molar-refractivity contribution >= 4 is 21.5 Å². The van der Waals surface area contributed by atoms with E-state index in [2.05, 4.69) is 21.1 Å². The molecule has 3 rings (SSSR count). The Morgan fingerprint density at radius 2 is 1.57 bits per heavy atom. The molecule has 0 fully saturated rings. The van der Waals surface area contributed by atoms with Crippen molar-refractivity contribution in [1.82, 2.24) is 0 Å². The van der Waals surface area contributed by atoms with Crippen molar-refractivity contribution in [2.45, 2.75) is 18.7 Å². The Morgan fingerprint density at radius 3 is 2.20 bits per heavy atom. The Hall–Kier alpha value is -3.63. The van der Waals surface area contributed by atoms with E-state index in [0.29, 0.717) is 11.4 Å². The summed E-state index contributed by atoms with van der Waals surface area (Å²) in [5, 5.41) is 7.56. The van der Waals surface area contributed by atoms with Gasteiger partial charge in [-0.15, -0.1) is 0 Å². The first-order chi connectivity index (χ1) is 14.1. The number of benzene rings is 3. The highest BCUT2D eigenvalue weighted by molar-refractivity contribution is 7.85. The SMILES string of the molecule is Cc1ccc(N/N=c2\c(=O)cc/c(=N\Nc3ccc(S(=O)(=O)O)cc3)c2=O)c(C)c1. The minimum atomic E-state index is -4.30. The number of hydrogen-bond donors (Lipinski definition) is 3. The fourth-order valence-corrected chi connectivity index (χ4v) is 3.10. The zero-order valence-electron chi connectivity index (χ0n) is 16.1. The van der Waals surface area contributed by atoms with Crippen molar-refractivity contribution in [3.8, 4) is 0 Å². The van der Waals surface area contributed by atoms with Gasteiger partial charge < -0.3 is 0 Å². The van der Waals surface area contributed by atoms with Gasteiger partial charge in [-0.05, 0) is 61.9 Å². The van der Waals surface area contributed by atoms with Crippen molar-refractivity contribution in [2.75, 3.05) is 10.9 Å². The van der Waals surface area contributed by atoms with Crippen LogP contribution in [0.3, 0.4) is 0 Å². The Kier molecular flexibility index (Phi) is 5.90. The normalized spacial score (nSPS) is 12.8.